The highest BCUT2D eigenvalue weighted by molar-refractivity contribution is 5.76. The first-order chi connectivity index (χ1) is 9.81. The van der Waals surface area contributed by atoms with Crippen LogP contribution in [0.3, 0.4) is 0 Å². The summed E-state index contributed by atoms with van der Waals surface area (Å²) in [5, 5.41) is 3.23. The second-order valence-corrected chi connectivity index (χ2v) is 5.88. The van der Waals surface area contributed by atoms with E-state index >= 15 is 0 Å². The highest BCUT2D eigenvalue weighted by atomic mass is 16.1. The summed E-state index contributed by atoms with van der Waals surface area (Å²) in [6.45, 7) is 2.22. The lowest BCUT2D eigenvalue weighted by Gasteiger charge is -2.26. The molecule has 110 valence electrons. The van der Waals surface area contributed by atoms with Gasteiger partial charge in [0, 0.05) is 6.42 Å². The van der Waals surface area contributed by atoms with Gasteiger partial charge in [-0.25, -0.2) is 0 Å². The number of fused-ring (bicyclic) bond motifs is 1. The normalized spacial score (nSPS) is 17.6. The van der Waals surface area contributed by atoms with E-state index in [-0.39, 0.29) is 11.9 Å². The number of hydrogen-bond donors (Lipinski definition) is 1. The molecule has 0 saturated heterocycles. The standard InChI is InChI=1S/C18H27NO/c1-2-3-4-5-6-14-18(20)19-17-13-9-11-15-10-7-8-12-16(15)17/h7-8,10,12,17H,2-6,9,11,13-14H2,1H3,(H,19,20)/t17-/m0/s1. The Morgan fingerprint density at radius 1 is 1.20 bits per heavy atom. The zero-order valence-corrected chi connectivity index (χ0v) is 12.7. The van der Waals surface area contributed by atoms with Crippen molar-refractivity contribution < 1.29 is 4.79 Å². The monoisotopic (exact) mass is 273 g/mol. The Kier molecular flexibility index (Phi) is 6.10. The minimum absolute atomic E-state index is 0.225. The molecule has 1 aromatic rings. The van der Waals surface area contributed by atoms with E-state index in [1.54, 1.807) is 0 Å². The van der Waals surface area contributed by atoms with Crippen LogP contribution in [0.2, 0.25) is 0 Å². The minimum atomic E-state index is 0.225. The second-order valence-electron chi connectivity index (χ2n) is 5.88. The number of carbonyl (C=O) groups is 1. The molecular formula is C18H27NO. The number of hydrogen-bond acceptors (Lipinski definition) is 1. The predicted molar refractivity (Wildman–Crippen MR) is 83.6 cm³/mol. The molecule has 1 aromatic carbocycles. The molecule has 1 amide bonds. The van der Waals surface area contributed by atoms with Crippen LogP contribution in [0.5, 0.6) is 0 Å². The van der Waals surface area contributed by atoms with Crippen LogP contribution >= 0.6 is 0 Å². The number of nitrogens with one attached hydrogen (secondary N) is 1. The number of benzene rings is 1. The Balaban J connectivity index is 1.78. The third-order valence-electron chi connectivity index (χ3n) is 4.21. The van der Waals surface area contributed by atoms with E-state index in [4.69, 9.17) is 0 Å². The third-order valence-corrected chi connectivity index (χ3v) is 4.21. The van der Waals surface area contributed by atoms with E-state index in [2.05, 4.69) is 36.5 Å². The van der Waals surface area contributed by atoms with Crippen LogP contribution in [0.15, 0.2) is 24.3 Å². The molecule has 0 heterocycles. The van der Waals surface area contributed by atoms with Gasteiger partial charge >= 0.3 is 0 Å². The fourth-order valence-corrected chi connectivity index (χ4v) is 3.06. The topological polar surface area (TPSA) is 29.1 Å². The molecule has 2 rings (SSSR count). The number of amides is 1. The first kappa shape index (κ1) is 15.1. The summed E-state index contributed by atoms with van der Waals surface area (Å²) in [5.74, 6) is 0.225. The highest BCUT2D eigenvalue weighted by Crippen LogP contribution is 2.29. The van der Waals surface area contributed by atoms with Crippen LogP contribution in [-0.4, -0.2) is 5.91 Å². The van der Waals surface area contributed by atoms with E-state index < -0.39 is 0 Å². The van der Waals surface area contributed by atoms with Crippen LogP contribution < -0.4 is 5.32 Å². The van der Waals surface area contributed by atoms with Gasteiger partial charge in [0.25, 0.3) is 0 Å². The number of unbranched alkanes of at least 4 members (excludes halogenated alkanes) is 4. The molecule has 0 bridgehead atoms. The van der Waals surface area contributed by atoms with Crippen LogP contribution in [0, 0.1) is 0 Å². The Morgan fingerprint density at radius 3 is 2.85 bits per heavy atom. The molecule has 2 heteroatoms. The molecule has 1 atom stereocenters. The van der Waals surface area contributed by atoms with E-state index in [9.17, 15) is 4.79 Å². The molecule has 1 aliphatic carbocycles. The van der Waals surface area contributed by atoms with Crippen LogP contribution in [0.4, 0.5) is 0 Å². The molecule has 0 unspecified atom stereocenters. The number of aryl methyl sites for hydroxylation is 1. The minimum Gasteiger partial charge on any atom is -0.349 e. The van der Waals surface area contributed by atoms with Gasteiger partial charge < -0.3 is 5.32 Å². The van der Waals surface area contributed by atoms with Crippen molar-refractivity contribution in [1.82, 2.24) is 5.32 Å². The van der Waals surface area contributed by atoms with Crippen LogP contribution in [0.1, 0.15) is 75.5 Å². The summed E-state index contributed by atoms with van der Waals surface area (Å²) >= 11 is 0. The maximum atomic E-state index is 12.0. The summed E-state index contributed by atoms with van der Waals surface area (Å²) in [4.78, 5) is 12.0. The van der Waals surface area contributed by atoms with Crippen molar-refractivity contribution in [3.63, 3.8) is 0 Å². The van der Waals surface area contributed by atoms with Crippen molar-refractivity contribution in [1.29, 1.82) is 0 Å². The van der Waals surface area contributed by atoms with E-state index in [1.165, 1.54) is 43.2 Å². The van der Waals surface area contributed by atoms with E-state index in [0.717, 1.165) is 19.3 Å². The molecule has 1 aliphatic rings. The lowest BCUT2D eigenvalue weighted by atomic mass is 9.87. The van der Waals surface area contributed by atoms with Crippen molar-refractivity contribution in [2.75, 3.05) is 0 Å². The van der Waals surface area contributed by atoms with Crippen molar-refractivity contribution in [2.45, 2.75) is 70.8 Å². The number of rotatable bonds is 7. The van der Waals surface area contributed by atoms with Gasteiger partial charge in [0.05, 0.1) is 6.04 Å². The van der Waals surface area contributed by atoms with Crippen molar-refractivity contribution >= 4 is 5.91 Å². The largest absolute Gasteiger partial charge is 0.349 e. The molecule has 0 fully saturated rings. The Morgan fingerprint density at radius 2 is 2.00 bits per heavy atom. The van der Waals surface area contributed by atoms with Gasteiger partial charge in [0.2, 0.25) is 5.91 Å². The summed E-state index contributed by atoms with van der Waals surface area (Å²) in [7, 11) is 0. The second kappa shape index (κ2) is 8.08. The van der Waals surface area contributed by atoms with Crippen molar-refractivity contribution in [2.24, 2.45) is 0 Å². The molecule has 0 radical (unpaired) electrons. The Hall–Kier alpha value is -1.31. The van der Waals surface area contributed by atoms with Gasteiger partial charge in [-0.15, -0.1) is 0 Å². The SMILES string of the molecule is CCCCCCCC(=O)N[C@H]1CCCc2ccccc21. The maximum Gasteiger partial charge on any atom is 0.220 e. The van der Waals surface area contributed by atoms with E-state index in [0.29, 0.717) is 6.42 Å². The smallest absolute Gasteiger partial charge is 0.220 e. The summed E-state index contributed by atoms with van der Waals surface area (Å²) < 4.78 is 0. The molecular weight excluding hydrogens is 246 g/mol. The first-order valence-corrected chi connectivity index (χ1v) is 8.18. The van der Waals surface area contributed by atoms with Crippen LogP contribution in [-0.2, 0) is 11.2 Å². The summed E-state index contributed by atoms with van der Waals surface area (Å²) in [5.41, 5.74) is 2.74. The van der Waals surface area contributed by atoms with Crippen LogP contribution in [0.25, 0.3) is 0 Å². The van der Waals surface area contributed by atoms with Gasteiger partial charge in [0.15, 0.2) is 0 Å². The van der Waals surface area contributed by atoms with Gasteiger partial charge in [-0.3, -0.25) is 4.79 Å². The molecule has 1 N–H and O–H groups in total. The van der Waals surface area contributed by atoms with Gasteiger partial charge in [0.1, 0.15) is 0 Å². The summed E-state index contributed by atoms with van der Waals surface area (Å²) in [6.07, 6.45) is 10.1. The Labute approximate surface area is 123 Å². The van der Waals surface area contributed by atoms with Crippen molar-refractivity contribution in [3.05, 3.63) is 35.4 Å². The third kappa shape index (κ3) is 4.36. The predicted octanol–water partition coefficient (Wildman–Crippen LogP) is 4.54. The van der Waals surface area contributed by atoms with Gasteiger partial charge in [-0.05, 0) is 36.8 Å². The quantitative estimate of drug-likeness (QED) is 0.726. The number of carbonyl (C=O) groups excluding carboxylic acids is 1. The average Bonchev–Trinajstić information content (AvgIpc) is 2.47. The van der Waals surface area contributed by atoms with Crippen molar-refractivity contribution in [3.8, 4) is 0 Å². The highest BCUT2D eigenvalue weighted by Gasteiger charge is 2.20. The zero-order valence-electron chi connectivity index (χ0n) is 12.7. The molecule has 2 nitrogen and oxygen atoms in total. The van der Waals surface area contributed by atoms with E-state index in [1.807, 2.05) is 0 Å². The zero-order chi connectivity index (χ0) is 14.2. The molecule has 0 aliphatic heterocycles. The molecule has 0 spiro atoms. The van der Waals surface area contributed by atoms with Gasteiger partial charge in [-0.2, -0.15) is 0 Å². The molecule has 0 aromatic heterocycles. The average molecular weight is 273 g/mol. The fraction of sp³-hybridized carbons (Fsp3) is 0.611. The summed E-state index contributed by atoms with van der Waals surface area (Å²) in [6, 6.07) is 8.77. The first-order valence-electron chi connectivity index (χ1n) is 8.18. The lowest BCUT2D eigenvalue weighted by Crippen LogP contribution is -2.30. The Bertz CT molecular complexity index is 427. The van der Waals surface area contributed by atoms with Gasteiger partial charge in [-0.1, -0.05) is 56.9 Å². The molecule has 20 heavy (non-hydrogen) atoms. The molecule has 0 saturated carbocycles. The lowest BCUT2D eigenvalue weighted by molar-refractivity contribution is -0.122. The fourth-order valence-electron chi connectivity index (χ4n) is 3.06. The maximum absolute atomic E-state index is 12.0.